The molecular weight excluding hydrogens is 274 g/mol. The smallest absolute Gasteiger partial charge is 0.317 e. The van der Waals surface area contributed by atoms with Gasteiger partial charge in [-0.1, -0.05) is 6.92 Å². The molecule has 1 aliphatic heterocycles. The van der Waals surface area contributed by atoms with Gasteiger partial charge in [0.25, 0.3) is 0 Å². The van der Waals surface area contributed by atoms with Crippen LogP contribution in [0.3, 0.4) is 0 Å². The highest BCUT2D eigenvalue weighted by Gasteiger charge is 2.42. The first kappa shape index (κ1) is 17.3. The van der Waals surface area contributed by atoms with Crippen molar-refractivity contribution < 1.29 is 19.5 Å². The predicted octanol–water partition coefficient (Wildman–Crippen LogP) is 0.799. The first-order chi connectivity index (χ1) is 9.95. The van der Waals surface area contributed by atoms with Gasteiger partial charge in [-0.3, -0.25) is 9.59 Å². The van der Waals surface area contributed by atoms with Crippen molar-refractivity contribution in [3.8, 4) is 0 Å². The standard InChI is InChI=1S/C14H25N3O4/c1-3-14(12(19)20)7-5-9-17(10-14)13(21)16-8-6-11(18)15-4-2/h3-10H2,1-2H3,(H,15,18)(H,16,21)(H,19,20). The minimum absolute atomic E-state index is 0.107. The van der Waals surface area contributed by atoms with Gasteiger partial charge in [-0.2, -0.15) is 0 Å². The molecule has 0 aromatic heterocycles. The zero-order chi connectivity index (χ0) is 15.9. The molecule has 0 aromatic carbocycles. The number of amides is 3. The molecule has 7 heteroatoms. The maximum absolute atomic E-state index is 12.1. The lowest BCUT2D eigenvalue weighted by molar-refractivity contribution is -0.152. The van der Waals surface area contributed by atoms with Gasteiger partial charge < -0.3 is 20.6 Å². The topological polar surface area (TPSA) is 98.7 Å². The van der Waals surface area contributed by atoms with Gasteiger partial charge >= 0.3 is 12.0 Å². The number of carbonyl (C=O) groups is 3. The average Bonchev–Trinajstić information content (AvgIpc) is 2.47. The molecule has 1 fully saturated rings. The Kier molecular flexibility index (Phi) is 6.45. The summed E-state index contributed by atoms with van der Waals surface area (Å²) in [6, 6.07) is -0.293. The van der Waals surface area contributed by atoms with Crippen LogP contribution in [0, 0.1) is 5.41 Å². The van der Waals surface area contributed by atoms with E-state index in [0.717, 1.165) is 0 Å². The second-order valence-electron chi connectivity index (χ2n) is 5.40. The average molecular weight is 299 g/mol. The summed E-state index contributed by atoms with van der Waals surface area (Å²) >= 11 is 0. The maximum atomic E-state index is 12.1. The zero-order valence-electron chi connectivity index (χ0n) is 12.8. The van der Waals surface area contributed by atoms with Gasteiger partial charge in [0.05, 0.1) is 5.41 Å². The SMILES string of the molecule is CCNC(=O)CCNC(=O)N1CCCC(CC)(C(=O)O)C1. The fourth-order valence-electron chi connectivity index (χ4n) is 2.60. The van der Waals surface area contributed by atoms with Crippen LogP contribution in [0.5, 0.6) is 0 Å². The van der Waals surface area contributed by atoms with Crippen LogP contribution in [-0.2, 0) is 9.59 Å². The molecule has 120 valence electrons. The number of hydrogen-bond acceptors (Lipinski definition) is 3. The summed E-state index contributed by atoms with van der Waals surface area (Å²) in [4.78, 5) is 36.3. The fraction of sp³-hybridized carbons (Fsp3) is 0.786. The van der Waals surface area contributed by atoms with Crippen molar-refractivity contribution in [2.24, 2.45) is 5.41 Å². The molecule has 7 nitrogen and oxygen atoms in total. The second kappa shape index (κ2) is 7.85. The summed E-state index contributed by atoms with van der Waals surface area (Å²) in [5.74, 6) is -0.949. The minimum atomic E-state index is -0.843. The summed E-state index contributed by atoms with van der Waals surface area (Å²) in [5, 5.41) is 14.7. The van der Waals surface area contributed by atoms with E-state index in [2.05, 4.69) is 10.6 Å². The van der Waals surface area contributed by atoms with Gasteiger partial charge in [0.15, 0.2) is 0 Å². The van der Waals surface area contributed by atoms with E-state index in [4.69, 9.17) is 0 Å². The molecule has 21 heavy (non-hydrogen) atoms. The van der Waals surface area contributed by atoms with Gasteiger partial charge in [-0.05, 0) is 26.2 Å². The Bertz CT molecular complexity index is 400. The van der Waals surface area contributed by atoms with Crippen molar-refractivity contribution in [3.05, 3.63) is 0 Å². The lowest BCUT2D eigenvalue weighted by Crippen LogP contribution is -2.52. The Labute approximate surface area is 125 Å². The van der Waals surface area contributed by atoms with Crippen molar-refractivity contribution in [2.45, 2.75) is 39.5 Å². The molecule has 0 spiro atoms. The molecule has 0 aliphatic carbocycles. The zero-order valence-corrected chi connectivity index (χ0v) is 12.8. The van der Waals surface area contributed by atoms with Crippen LogP contribution in [0.4, 0.5) is 4.79 Å². The van der Waals surface area contributed by atoms with E-state index >= 15 is 0 Å². The number of carbonyl (C=O) groups excluding carboxylic acids is 2. The summed E-state index contributed by atoms with van der Waals surface area (Å²) in [5.41, 5.74) is -0.838. The summed E-state index contributed by atoms with van der Waals surface area (Å²) in [7, 11) is 0. The Morgan fingerprint density at radius 3 is 2.52 bits per heavy atom. The number of nitrogens with one attached hydrogen (secondary N) is 2. The lowest BCUT2D eigenvalue weighted by atomic mass is 9.78. The Morgan fingerprint density at radius 1 is 1.24 bits per heavy atom. The third-order valence-electron chi connectivity index (χ3n) is 4.00. The third kappa shape index (κ3) is 4.61. The Hall–Kier alpha value is -1.79. The first-order valence-electron chi connectivity index (χ1n) is 7.48. The second-order valence-corrected chi connectivity index (χ2v) is 5.40. The third-order valence-corrected chi connectivity index (χ3v) is 4.00. The highest BCUT2D eigenvalue weighted by Crippen LogP contribution is 2.33. The fourth-order valence-corrected chi connectivity index (χ4v) is 2.60. The van der Waals surface area contributed by atoms with Crippen LogP contribution in [-0.4, -0.2) is 54.1 Å². The molecule has 1 aliphatic rings. The van der Waals surface area contributed by atoms with E-state index in [1.54, 1.807) is 4.90 Å². The molecule has 3 amide bonds. The van der Waals surface area contributed by atoms with Crippen molar-refractivity contribution >= 4 is 17.9 Å². The van der Waals surface area contributed by atoms with E-state index in [9.17, 15) is 19.5 Å². The lowest BCUT2D eigenvalue weighted by Gasteiger charge is -2.39. The molecule has 0 bridgehead atoms. The van der Waals surface area contributed by atoms with Gasteiger partial charge in [0.2, 0.25) is 5.91 Å². The van der Waals surface area contributed by atoms with E-state index in [1.165, 1.54) is 0 Å². The van der Waals surface area contributed by atoms with E-state index in [-0.39, 0.29) is 31.4 Å². The Balaban J connectivity index is 2.47. The monoisotopic (exact) mass is 299 g/mol. The number of likely N-dealkylation sites (tertiary alicyclic amines) is 1. The van der Waals surface area contributed by atoms with Gasteiger partial charge in [-0.15, -0.1) is 0 Å². The van der Waals surface area contributed by atoms with E-state index < -0.39 is 11.4 Å². The highest BCUT2D eigenvalue weighted by molar-refractivity contribution is 5.80. The summed E-state index contributed by atoms with van der Waals surface area (Å²) < 4.78 is 0. The number of nitrogens with zero attached hydrogens (tertiary/aromatic N) is 1. The molecular formula is C14H25N3O4. The molecule has 1 atom stereocenters. The molecule has 0 radical (unpaired) electrons. The van der Waals surface area contributed by atoms with Crippen LogP contribution in [0.15, 0.2) is 0 Å². The number of hydrogen-bond donors (Lipinski definition) is 3. The molecule has 1 unspecified atom stereocenters. The van der Waals surface area contributed by atoms with Gasteiger partial charge in [-0.25, -0.2) is 4.79 Å². The molecule has 1 heterocycles. The van der Waals surface area contributed by atoms with Crippen molar-refractivity contribution in [1.82, 2.24) is 15.5 Å². The number of urea groups is 1. The van der Waals surface area contributed by atoms with Crippen molar-refractivity contribution in [3.63, 3.8) is 0 Å². The van der Waals surface area contributed by atoms with E-state index in [1.807, 2.05) is 13.8 Å². The van der Waals surface area contributed by atoms with Crippen LogP contribution < -0.4 is 10.6 Å². The van der Waals surface area contributed by atoms with Crippen LogP contribution in [0.2, 0.25) is 0 Å². The number of rotatable bonds is 6. The van der Waals surface area contributed by atoms with Gasteiger partial charge in [0, 0.05) is 32.6 Å². The van der Waals surface area contributed by atoms with Crippen LogP contribution in [0.1, 0.15) is 39.5 Å². The number of carboxylic acids is 1. The van der Waals surface area contributed by atoms with Crippen molar-refractivity contribution in [1.29, 1.82) is 0 Å². The molecule has 0 saturated carbocycles. The number of piperidine rings is 1. The van der Waals surface area contributed by atoms with Gasteiger partial charge in [0.1, 0.15) is 0 Å². The highest BCUT2D eigenvalue weighted by atomic mass is 16.4. The molecule has 0 aromatic rings. The summed E-state index contributed by atoms with van der Waals surface area (Å²) in [6.07, 6.45) is 2.02. The predicted molar refractivity (Wildman–Crippen MR) is 77.9 cm³/mol. The van der Waals surface area contributed by atoms with Crippen LogP contribution >= 0.6 is 0 Å². The minimum Gasteiger partial charge on any atom is -0.481 e. The van der Waals surface area contributed by atoms with Crippen molar-refractivity contribution in [2.75, 3.05) is 26.2 Å². The normalized spacial score (nSPS) is 21.7. The maximum Gasteiger partial charge on any atom is 0.317 e. The largest absolute Gasteiger partial charge is 0.481 e. The number of carboxylic acid groups (broad SMARTS) is 1. The quantitative estimate of drug-likeness (QED) is 0.675. The van der Waals surface area contributed by atoms with Crippen LogP contribution in [0.25, 0.3) is 0 Å². The van der Waals surface area contributed by atoms with E-state index in [0.29, 0.717) is 32.4 Å². The molecule has 1 rings (SSSR count). The first-order valence-corrected chi connectivity index (χ1v) is 7.48. The molecule has 1 saturated heterocycles. The molecule has 3 N–H and O–H groups in total. The summed E-state index contributed by atoms with van der Waals surface area (Å²) in [6.45, 7) is 5.28. The Morgan fingerprint density at radius 2 is 1.95 bits per heavy atom. The number of aliphatic carboxylic acids is 1.